The first kappa shape index (κ1) is 13.3. The summed E-state index contributed by atoms with van der Waals surface area (Å²) < 4.78 is 4.69. The van der Waals surface area contributed by atoms with E-state index in [2.05, 4.69) is 18.6 Å². The molecule has 1 rings (SSSR count). The molecule has 1 aliphatic rings. The molecule has 0 heterocycles. The second-order valence-electron chi connectivity index (χ2n) is 4.83. The maximum atomic E-state index is 11.2. The smallest absolute Gasteiger partial charge is 0.330 e. The first-order valence-electron chi connectivity index (χ1n) is 6.48. The number of rotatable bonds is 5. The summed E-state index contributed by atoms with van der Waals surface area (Å²) in [5, 5.41) is 0. The Morgan fingerprint density at radius 3 is 2.12 bits per heavy atom. The highest BCUT2D eigenvalue weighted by molar-refractivity contribution is 5.82. The van der Waals surface area contributed by atoms with Crippen molar-refractivity contribution >= 4 is 5.97 Å². The van der Waals surface area contributed by atoms with Crippen LogP contribution in [0.3, 0.4) is 0 Å². The fraction of sp³-hybridized carbons (Fsp3) is 0.786. The molecule has 0 radical (unpaired) electrons. The first-order chi connectivity index (χ1) is 7.71. The lowest BCUT2D eigenvalue weighted by molar-refractivity contribution is -0.134. The van der Waals surface area contributed by atoms with Crippen LogP contribution in [-0.4, -0.2) is 13.1 Å². The van der Waals surface area contributed by atoms with Crippen LogP contribution in [0.1, 0.15) is 52.4 Å². The van der Waals surface area contributed by atoms with Gasteiger partial charge in [0.25, 0.3) is 0 Å². The maximum absolute atomic E-state index is 11.2. The Kier molecular flexibility index (Phi) is 5.58. The summed E-state index contributed by atoms with van der Waals surface area (Å²) in [7, 11) is 1.45. The molecule has 1 saturated carbocycles. The minimum Gasteiger partial charge on any atom is -0.466 e. The van der Waals surface area contributed by atoms with Gasteiger partial charge in [0.2, 0.25) is 0 Å². The van der Waals surface area contributed by atoms with Crippen molar-refractivity contribution < 1.29 is 9.53 Å². The van der Waals surface area contributed by atoms with Gasteiger partial charge in [-0.2, -0.15) is 0 Å². The highest BCUT2D eigenvalue weighted by Gasteiger charge is 2.29. The fourth-order valence-corrected chi connectivity index (χ4v) is 2.85. The molecule has 2 heteroatoms. The molecule has 2 unspecified atom stereocenters. The Balaban J connectivity index is 2.60. The molecule has 2 nitrogen and oxygen atoms in total. The SMILES string of the molecule is CCCC1CC(=CC(=O)OC)CC1CCC. The van der Waals surface area contributed by atoms with Crippen LogP contribution in [0, 0.1) is 11.8 Å². The Labute approximate surface area is 99.1 Å². The lowest BCUT2D eigenvalue weighted by atomic mass is 9.89. The highest BCUT2D eigenvalue weighted by atomic mass is 16.5. The molecule has 1 aliphatic carbocycles. The van der Waals surface area contributed by atoms with Gasteiger partial charge in [-0.3, -0.25) is 0 Å². The van der Waals surface area contributed by atoms with E-state index in [1.807, 2.05) is 0 Å². The molecule has 2 atom stereocenters. The van der Waals surface area contributed by atoms with Gasteiger partial charge in [-0.1, -0.05) is 45.1 Å². The Hall–Kier alpha value is -0.790. The third kappa shape index (κ3) is 3.66. The molecule has 0 saturated heterocycles. The van der Waals surface area contributed by atoms with Gasteiger partial charge in [-0.15, -0.1) is 0 Å². The summed E-state index contributed by atoms with van der Waals surface area (Å²) in [5.74, 6) is 1.39. The fourth-order valence-electron chi connectivity index (χ4n) is 2.85. The van der Waals surface area contributed by atoms with Gasteiger partial charge in [-0.05, 0) is 24.7 Å². The van der Waals surface area contributed by atoms with Gasteiger partial charge in [-0.25, -0.2) is 4.79 Å². The number of methoxy groups -OCH3 is 1. The number of esters is 1. The van der Waals surface area contributed by atoms with Gasteiger partial charge >= 0.3 is 5.97 Å². The molecule has 0 aromatic carbocycles. The number of ether oxygens (including phenoxy) is 1. The van der Waals surface area contributed by atoms with Crippen LogP contribution in [0.5, 0.6) is 0 Å². The molecule has 0 aliphatic heterocycles. The molecule has 0 amide bonds. The lowest BCUT2D eigenvalue weighted by Gasteiger charge is -2.17. The van der Waals surface area contributed by atoms with Crippen LogP contribution in [0.15, 0.2) is 11.6 Å². The average Bonchev–Trinajstić information content (AvgIpc) is 2.62. The second-order valence-corrected chi connectivity index (χ2v) is 4.83. The second kappa shape index (κ2) is 6.72. The summed E-state index contributed by atoms with van der Waals surface area (Å²) in [5.41, 5.74) is 1.30. The molecule has 1 fully saturated rings. The first-order valence-corrected chi connectivity index (χ1v) is 6.48. The van der Waals surface area contributed by atoms with Crippen LogP contribution < -0.4 is 0 Å². The zero-order valence-corrected chi connectivity index (χ0v) is 10.8. The van der Waals surface area contributed by atoms with Gasteiger partial charge in [0.1, 0.15) is 0 Å². The van der Waals surface area contributed by atoms with Crippen LogP contribution in [0.4, 0.5) is 0 Å². The van der Waals surface area contributed by atoms with Crippen molar-refractivity contribution in [2.45, 2.75) is 52.4 Å². The zero-order chi connectivity index (χ0) is 12.0. The van der Waals surface area contributed by atoms with Crippen molar-refractivity contribution in [3.63, 3.8) is 0 Å². The molecule has 92 valence electrons. The molecule has 0 N–H and O–H groups in total. The van der Waals surface area contributed by atoms with Crippen LogP contribution in [0.25, 0.3) is 0 Å². The Morgan fingerprint density at radius 2 is 1.75 bits per heavy atom. The molecule has 0 spiro atoms. The summed E-state index contributed by atoms with van der Waals surface area (Å²) in [4.78, 5) is 11.2. The quantitative estimate of drug-likeness (QED) is 0.525. The Morgan fingerprint density at radius 1 is 1.25 bits per heavy atom. The van der Waals surface area contributed by atoms with Crippen LogP contribution >= 0.6 is 0 Å². The zero-order valence-electron chi connectivity index (χ0n) is 10.8. The average molecular weight is 224 g/mol. The number of allylic oxidation sites excluding steroid dienone is 1. The third-order valence-corrected chi connectivity index (χ3v) is 3.56. The minimum absolute atomic E-state index is 0.192. The molecule has 16 heavy (non-hydrogen) atoms. The molecular weight excluding hydrogens is 200 g/mol. The summed E-state index contributed by atoms with van der Waals surface area (Å²) in [6.07, 6.45) is 9.00. The predicted molar refractivity (Wildman–Crippen MR) is 66.1 cm³/mol. The van der Waals surface area contributed by atoms with Gasteiger partial charge in [0.15, 0.2) is 0 Å². The number of carbonyl (C=O) groups excluding carboxylic acids is 1. The van der Waals surface area contributed by atoms with E-state index in [4.69, 9.17) is 0 Å². The topological polar surface area (TPSA) is 26.3 Å². The van der Waals surface area contributed by atoms with E-state index in [1.54, 1.807) is 6.08 Å². The van der Waals surface area contributed by atoms with E-state index in [0.29, 0.717) is 0 Å². The third-order valence-electron chi connectivity index (χ3n) is 3.56. The van der Waals surface area contributed by atoms with Crippen molar-refractivity contribution in [1.29, 1.82) is 0 Å². The normalized spacial score (nSPS) is 24.6. The maximum Gasteiger partial charge on any atom is 0.330 e. The summed E-state index contributed by atoms with van der Waals surface area (Å²) in [6, 6.07) is 0. The lowest BCUT2D eigenvalue weighted by Crippen LogP contribution is -2.06. The van der Waals surface area contributed by atoms with E-state index in [9.17, 15) is 4.79 Å². The monoisotopic (exact) mass is 224 g/mol. The van der Waals surface area contributed by atoms with Gasteiger partial charge in [0, 0.05) is 6.08 Å². The van der Waals surface area contributed by atoms with E-state index < -0.39 is 0 Å². The largest absolute Gasteiger partial charge is 0.466 e. The molecule has 0 aromatic rings. The molecule has 0 bridgehead atoms. The highest BCUT2D eigenvalue weighted by Crippen LogP contribution is 2.41. The van der Waals surface area contributed by atoms with E-state index in [-0.39, 0.29) is 5.97 Å². The van der Waals surface area contributed by atoms with Crippen molar-refractivity contribution in [2.24, 2.45) is 11.8 Å². The van der Waals surface area contributed by atoms with Crippen molar-refractivity contribution in [1.82, 2.24) is 0 Å². The van der Waals surface area contributed by atoms with Gasteiger partial charge in [0.05, 0.1) is 7.11 Å². The molecule has 0 aromatic heterocycles. The van der Waals surface area contributed by atoms with Crippen molar-refractivity contribution in [3.8, 4) is 0 Å². The van der Waals surface area contributed by atoms with E-state index in [0.717, 1.165) is 24.7 Å². The van der Waals surface area contributed by atoms with E-state index >= 15 is 0 Å². The van der Waals surface area contributed by atoms with E-state index in [1.165, 1.54) is 38.4 Å². The van der Waals surface area contributed by atoms with Gasteiger partial charge < -0.3 is 4.74 Å². The number of carbonyl (C=O) groups is 1. The van der Waals surface area contributed by atoms with Crippen LogP contribution in [0.2, 0.25) is 0 Å². The number of hydrogen-bond acceptors (Lipinski definition) is 2. The standard InChI is InChI=1S/C14H24O2/c1-4-6-12-8-11(10-14(15)16-3)9-13(12)7-5-2/h10,12-13H,4-9H2,1-3H3. The molecular formula is C14H24O2. The minimum atomic E-state index is -0.192. The summed E-state index contributed by atoms with van der Waals surface area (Å²) in [6.45, 7) is 4.48. The Bertz CT molecular complexity index is 239. The van der Waals surface area contributed by atoms with Crippen molar-refractivity contribution in [2.75, 3.05) is 7.11 Å². The number of hydrogen-bond donors (Lipinski definition) is 0. The summed E-state index contributed by atoms with van der Waals surface area (Å²) >= 11 is 0. The predicted octanol–water partition coefficient (Wildman–Crippen LogP) is 3.71. The van der Waals surface area contributed by atoms with Crippen molar-refractivity contribution in [3.05, 3.63) is 11.6 Å². The van der Waals surface area contributed by atoms with Crippen LogP contribution in [-0.2, 0) is 9.53 Å².